The normalized spacial score (nSPS) is 11.1. The molecule has 3 aromatic rings. The summed E-state index contributed by atoms with van der Waals surface area (Å²) in [6, 6.07) is 13.7. The second-order valence-electron chi connectivity index (χ2n) is 5.51. The third-order valence-electron chi connectivity index (χ3n) is 3.55. The molecule has 4 nitrogen and oxygen atoms in total. The zero-order valence-corrected chi connectivity index (χ0v) is 15.9. The standard InChI is InChI=1S/C19H13Cl3N2O2/c1-11-2-5-14(17(22)8-11)19(25)24-23-10-13-4-7-18(26-13)15-9-12(20)3-6-16(15)21/h2-10H,1H3,(H,24,25)/b23-10+. The van der Waals surface area contributed by atoms with E-state index < -0.39 is 5.91 Å². The Kier molecular flexibility index (Phi) is 5.67. The molecule has 0 aliphatic heterocycles. The minimum absolute atomic E-state index is 0.347. The monoisotopic (exact) mass is 406 g/mol. The number of carbonyl (C=O) groups excluding carboxylic acids is 1. The molecule has 1 N–H and O–H groups in total. The Bertz CT molecular complexity index is 996. The Hall–Kier alpha value is -2.27. The highest BCUT2D eigenvalue weighted by Crippen LogP contribution is 2.31. The van der Waals surface area contributed by atoms with E-state index in [1.54, 1.807) is 48.5 Å². The van der Waals surface area contributed by atoms with Crippen LogP contribution in [0.25, 0.3) is 11.3 Å². The molecular weight excluding hydrogens is 395 g/mol. The lowest BCUT2D eigenvalue weighted by atomic mass is 10.1. The minimum atomic E-state index is -0.407. The lowest BCUT2D eigenvalue weighted by Gasteiger charge is -2.03. The van der Waals surface area contributed by atoms with Crippen LogP contribution in [0.5, 0.6) is 0 Å². The van der Waals surface area contributed by atoms with Crippen molar-refractivity contribution in [1.29, 1.82) is 0 Å². The zero-order chi connectivity index (χ0) is 18.7. The molecule has 0 bridgehead atoms. The summed E-state index contributed by atoms with van der Waals surface area (Å²) in [7, 11) is 0. The van der Waals surface area contributed by atoms with Gasteiger partial charge in [0, 0.05) is 10.6 Å². The van der Waals surface area contributed by atoms with Gasteiger partial charge in [-0.3, -0.25) is 4.79 Å². The van der Waals surface area contributed by atoms with E-state index in [2.05, 4.69) is 10.5 Å². The molecule has 2 aromatic carbocycles. The summed E-state index contributed by atoms with van der Waals surface area (Å²) in [4.78, 5) is 12.1. The van der Waals surface area contributed by atoms with Gasteiger partial charge in [0.1, 0.15) is 11.5 Å². The molecule has 1 aromatic heterocycles. The van der Waals surface area contributed by atoms with Crippen molar-refractivity contribution >= 4 is 46.9 Å². The number of furan rings is 1. The lowest BCUT2D eigenvalue weighted by molar-refractivity contribution is 0.0955. The van der Waals surface area contributed by atoms with Crippen LogP contribution in [0.15, 0.2) is 58.0 Å². The van der Waals surface area contributed by atoms with Crippen LogP contribution in [0.3, 0.4) is 0 Å². The Morgan fingerprint density at radius 1 is 1.04 bits per heavy atom. The number of halogens is 3. The number of rotatable bonds is 4. The first-order valence-corrected chi connectivity index (χ1v) is 8.72. The predicted molar refractivity (Wildman–Crippen MR) is 105 cm³/mol. The highest BCUT2D eigenvalue weighted by molar-refractivity contribution is 6.35. The molecule has 0 aliphatic carbocycles. The second-order valence-corrected chi connectivity index (χ2v) is 6.76. The van der Waals surface area contributed by atoms with Gasteiger partial charge in [0.2, 0.25) is 0 Å². The van der Waals surface area contributed by atoms with Crippen LogP contribution in [0, 0.1) is 6.92 Å². The van der Waals surface area contributed by atoms with Crippen molar-refractivity contribution < 1.29 is 9.21 Å². The minimum Gasteiger partial charge on any atom is -0.455 e. The van der Waals surface area contributed by atoms with Crippen molar-refractivity contribution in [1.82, 2.24) is 5.43 Å². The summed E-state index contributed by atoms with van der Waals surface area (Å²) in [6.07, 6.45) is 1.39. The van der Waals surface area contributed by atoms with E-state index in [1.165, 1.54) is 6.21 Å². The quantitative estimate of drug-likeness (QED) is 0.427. The molecule has 0 saturated heterocycles. The van der Waals surface area contributed by atoms with Gasteiger partial charge in [-0.15, -0.1) is 0 Å². The first kappa shape index (κ1) is 18.5. The number of carbonyl (C=O) groups is 1. The summed E-state index contributed by atoms with van der Waals surface area (Å²) < 4.78 is 5.66. The fraction of sp³-hybridized carbons (Fsp3) is 0.0526. The maximum absolute atomic E-state index is 12.1. The van der Waals surface area contributed by atoms with E-state index in [9.17, 15) is 4.79 Å². The summed E-state index contributed by atoms with van der Waals surface area (Å²) in [5.74, 6) is 0.592. The van der Waals surface area contributed by atoms with Gasteiger partial charge in [0.15, 0.2) is 0 Å². The molecule has 1 amide bonds. The highest BCUT2D eigenvalue weighted by atomic mass is 35.5. The molecule has 0 radical (unpaired) electrons. The van der Waals surface area contributed by atoms with Gasteiger partial charge in [-0.05, 0) is 55.0 Å². The Labute approximate surface area is 165 Å². The fourth-order valence-corrected chi connectivity index (χ4v) is 2.98. The smallest absolute Gasteiger partial charge is 0.272 e. The molecule has 0 saturated carbocycles. The number of hydrogen-bond acceptors (Lipinski definition) is 3. The lowest BCUT2D eigenvalue weighted by Crippen LogP contribution is -2.18. The van der Waals surface area contributed by atoms with Crippen molar-refractivity contribution in [2.24, 2.45) is 5.10 Å². The van der Waals surface area contributed by atoms with E-state index >= 15 is 0 Å². The van der Waals surface area contributed by atoms with Gasteiger partial charge in [0.25, 0.3) is 5.91 Å². The Balaban J connectivity index is 1.71. The second kappa shape index (κ2) is 7.96. The third-order valence-corrected chi connectivity index (χ3v) is 4.43. The fourth-order valence-electron chi connectivity index (χ4n) is 2.27. The average Bonchev–Trinajstić information content (AvgIpc) is 3.05. The van der Waals surface area contributed by atoms with Crippen LogP contribution in [0.1, 0.15) is 21.7 Å². The number of nitrogens with one attached hydrogen (secondary N) is 1. The summed E-state index contributed by atoms with van der Waals surface area (Å²) in [6.45, 7) is 1.90. The van der Waals surface area contributed by atoms with Crippen LogP contribution in [-0.4, -0.2) is 12.1 Å². The molecule has 26 heavy (non-hydrogen) atoms. The maximum Gasteiger partial charge on any atom is 0.272 e. The molecular formula is C19H13Cl3N2O2. The third kappa shape index (κ3) is 4.28. The van der Waals surface area contributed by atoms with Crippen molar-refractivity contribution in [2.45, 2.75) is 6.92 Å². The average molecular weight is 408 g/mol. The summed E-state index contributed by atoms with van der Waals surface area (Å²) in [5.41, 5.74) is 4.41. The topological polar surface area (TPSA) is 54.6 Å². The number of nitrogens with zero attached hydrogens (tertiary/aromatic N) is 1. The molecule has 132 valence electrons. The van der Waals surface area contributed by atoms with Gasteiger partial charge in [-0.2, -0.15) is 5.10 Å². The van der Waals surface area contributed by atoms with Crippen molar-refractivity contribution in [3.05, 3.63) is 80.5 Å². The van der Waals surface area contributed by atoms with Gasteiger partial charge >= 0.3 is 0 Å². The Morgan fingerprint density at radius 3 is 2.62 bits per heavy atom. The van der Waals surface area contributed by atoms with E-state index in [1.807, 2.05) is 6.92 Å². The number of benzene rings is 2. The van der Waals surface area contributed by atoms with E-state index in [0.717, 1.165) is 5.56 Å². The van der Waals surface area contributed by atoms with Gasteiger partial charge in [0.05, 0.1) is 21.8 Å². The SMILES string of the molecule is Cc1ccc(C(=O)N/N=C/c2ccc(-c3cc(Cl)ccc3Cl)o2)c(Cl)c1. The zero-order valence-electron chi connectivity index (χ0n) is 13.6. The van der Waals surface area contributed by atoms with Gasteiger partial charge < -0.3 is 4.42 Å². The highest BCUT2D eigenvalue weighted by Gasteiger charge is 2.10. The van der Waals surface area contributed by atoms with Crippen molar-refractivity contribution in [3.8, 4) is 11.3 Å². The molecule has 0 atom stereocenters. The molecule has 0 aliphatic rings. The van der Waals surface area contributed by atoms with E-state index in [0.29, 0.717) is 37.7 Å². The predicted octanol–water partition coefficient (Wildman–Crippen LogP) is 5.98. The van der Waals surface area contributed by atoms with E-state index in [4.69, 9.17) is 39.2 Å². The van der Waals surface area contributed by atoms with Crippen LogP contribution in [0.4, 0.5) is 0 Å². The van der Waals surface area contributed by atoms with Gasteiger partial charge in [-0.25, -0.2) is 5.43 Å². The number of amides is 1. The molecule has 0 fully saturated rings. The first-order chi connectivity index (χ1) is 12.4. The molecule has 0 unspecified atom stereocenters. The number of hydrogen-bond donors (Lipinski definition) is 1. The summed E-state index contributed by atoms with van der Waals surface area (Å²) in [5, 5.41) is 5.34. The summed E-state index contributed by atoms with van der Waals surface area (Å²) >= 11 is 18.2. The molecule has 7 heteroatoms. The molecule has 1 heterocycles. The van der Waals surface area contributed by atoms with Crippen LogP contribution in [-0.2, 0) is 0 Å². The largest absolute Gasteiger partial charge is 0.455 e. The van der Waals surface area contributed by atoms with E-state index in [-0.39, 0.29) is 0 Å². The van der Waals surface area contributed by atoms with Crippen molar-refractivity contribution in [3.63, 3.8) is 0 Å². The maximum atomic E-state index is 12.1. The Morgan fingerprint density at radius 2 is 1.85 bits per heavy atom. The molecule has 3 rings (SSSR count). The van der Waals surface area contributed by atoms with Crippen LogP contribution in [0.2, 0.25) is 15.1 Å². The van der Waals surface area contributed by atoms with Crippen molar-refractivity contribution in [2.75, 3.05) is 0 Å². The number of hydrazone groups is 1. The van der Waals surface area contributed by atoms with Gasteiger partial charge in [-0.1, -0.05) is 40.9 Å². The van der Waals surface area contributed by atoms with Crippen LogP contribution >= 0.6 is 34.8 Å². The molecule has 0 spiro atoms. The number of aryl methyl sites for hydroxylation is 1. The first-order valence-electron chi connectivity index (χ1n) is 7.59. The van der Waals surface area contributed by atoms with Crippen LogP contribution < -0.4 is 5.43 Å².